The molecule has 0 saturated heterocycles. The predicted octanol–water partition coefficient (Wildman–Crippen LogP) is 2.93. The molecule has 3 N–H and O–H groups in total. The average molecular weight is 403 g/mol. The van der Waals surface area contributed by atoms with Gasteiger partial charge in [0.1, 0.15) is 0 Å². The van der Waals surface area contributed by atoms with Gasteiger partial charge in [0.15, 0.2) is 0 Å². The number of hydrogen-bond donors (Lipinski definition) is 2. The molecule has 1 aromatic carbocycles. The first-order valence-corrected chi connectivity index (χ1v) is 8.42. The summed E-state index contributed by atoms with van der Waals surface area (Å²) in [6.45, 7) is 9.15. The topological polar surface area (TPSA) is 58.4 Å². The molecule has 0 aliphatic heterocycles. The first-order valence-electron chi connectivity index (χ1n) is 7.34. The number of anilines is 1. The first-order chi connectivity index (χ1) is 9.86. The van der Waals surface area contributed by atoms with Crippen LogP contribution < -0.4 is 11.1 Å². The van der Waals surface area contributed by atoms with Crippen molar-refractivity contribution >= 4 is 34.2 Å². The number of nitrogens with one attached hydrogen (secondary N) is 1. The number of amides is 1. The van der Waals surface area contributed by atoms with Crippen molar-refractivity contribution in [1.29, 1.82) is 0 Å². The fourth-order valence-electron chi connectivity index (χ4n) is 2.17. The molecular weight excluding hydrogens is 377 g/mol. The Morgan fingerprint density at radius 3 is 2.71 bits per heavy atom. The maximum absolute atomic E-state index is 12.2. The van der Waals surface area contributed by atoms with Crippen molar-refractivity contribution < 1.29 is 4.79 Å². The normalized spacial score (nSPS) is 11.7. The van der Waals surface area contributed by atoms with Crippen LogP contribution in [0.3, 0.4) is 0 Å². The van der Waals surface area contributed by atoms with Gasteiger partial charge in [-0.15, -0.1) is 0 Å². The van der Waals surface area contributed by atoms with E-state index < -0.39 is 0 Å². The van der Waals surface area contributed by atoms with Crippen LogP contribution in [-0.2, 0) is 4.79 Å². The summed E-state index contributed by atoms with van der Waals surface area (Å²) in [5.41, 5.74) is 6.67. The molecule has 0 aliphatic carbocycles. The highest BCUT2D eigenvalue weighted by Crippen LogP contribution is 2.16. The second-order valence-electron chi connectivity index (χ2n) is 6.14. The highest BCUT2D eigenvalue weighted by atomic mass is 127. The molecule has 0 aromatic heterocycles. The van der Waals surface area contributed by atoms with Crippen molar-refractivity contribution in [2.24, 2.45) is 11.1 Å². The number of benzene rings is 1. The maximum atomic E-state index is 12.2. The van der Waals surface area contributed by atoms with Gasteiger partial charge in [-0.2, -0.15) is 0 Å². The molecule has 1 aromatic rings. The molecule has 5 heteroatoms. The summed E-state index contributed by atoms with van der Waals surface area (Å²) in [6.07, 6.45) is 1.02. The molecule has 1 rings (SSSR count). The van der Waals surface area contributed by atoms with E-state index in [2.05, 4.69) is 53.6 Å². The minimum Gasteiger partial charge on any atom is -0.330 e. The number of nitrogens with two attached hydrogens (primary N) is 1. The van der Waals surface area contributed by atoms with Crippen LogP contribution in [-0.4, -0.2) is 37.0 Å². The van der Waals surface area contributed by atoms with E-state index >= 15 is 0 Å². The van der Waals surface area contributed by atoms with Gasteiger partial charge < -0.3 is 11.1 Å². The summed E-state index contributed by atoms with van der Waals surface area (Å²) in [7, 11) is 0. The lowest BCUT2D eigenvalue weighted by molar-refractivity contribution is -0.117. The van der Waals surface area contributed by atoms with Crippen molar-refractivity contribution in [2.45, 2.75) is 27.2 Å². The van der Waals surface area contributed by atoms with E-state index in [1.807, 2.05) is 24.3 Å². The lowest BCUT2D eigenvalue weighted by atomic mass is 9.93. The fourth-order valence-corrected chi connectivity index (χ4v) is 2.71. The Balaban J connectivity index is 2.60. The lowest BCUT2D eigenvalue weighted by Gasteiger charge is -2.31. The van der Waals surface area contributed by atoms with Crippen molar-refractivity contribution in [3.63, 3.8) is 0 Å². The molecule has 0 spiro atoms. The number of carbonyl (C=O) groups excluding carboxylic acids is 1. The summed E-state index contributed by atoms with van der Waals surface area (Å²) >= 11 is 2.24. The van der Waals surface area contributed by atoms with E-state index in [-0.39, 0.29) is 11.3 Å². The van der Waals surface area contributed by atoms with Crippen LogP contribution in [0.25, 0.3) is 0 Å². The molecule has 1 amide bonds. The maximum Gasteiger partial charge on any atom is 0.238 e. The molecule has 0 atom stereocenters. The Bertz CT molecular complexity index is 463. The zero-order chi connectivity index (χ0) is 15.9. The number of hydrogen-bond acceptors (Lipinski definition) is 3. The highest BCUT2D eigenvalue weighted by molar-refractivity contribution is 14.1. The summed E-state index contributed by atoms with van der Waals surface area (Å²) in [4.78, 5) is 14.4. The van der Waals surface area contributed by atoms with Gasteiger partial charge in [-0.3, -0.25) is 9.69 Å². The Labute approximate surface area is 141 Å². The number of nitrogens with zero attached hydrogens (tertiary/aromatic N) is 1. The minimum atomic E-state index is 0.0254. The molecule has 118 valence electrons. The quantitative estimate of drug-likeness (QED) is 0.657. The van der Waals surface area contributed by atoms with Crippen LogP contribution in [0.5, 0.6) is 0 Å². The zero-order valence-electron chi connectivity index (χ0n) is 13.2. The Morgan fingerprint density at radius 2 is 2.14 bits per heavy atom. The number of halogens is 1. The summed E-state index contributed by atoms with van der Waals surface area (Å²) in [5.74, 6) is 0.0262. The summed E-state index contributed by atoms with van der Waals surface area (Å²) in [5, 5.41) is 2.96. The number of carbonyl (C=O) groups is 1. The first kappa shape index (κ1) is 18.4. The Hall–Kier alpha value is -0.660. The van der Waals surface area contributed by atoms with E-state index in [4.69, 9.17) is 5.73 Å². The Kier molecular flexibility index (Phi) is 7.62. The second kappa shape index (κ2) is 8.70. The van der Waals surface area contributed by atoms with Crippen LogP contribution >= 0.6 is 22.6 Å². The SMILES string of the molecule is CCCN(CC(=O)Nc1cccc(I)c1)CC(C)(C)CN. The summed E-state index contributed by atoms with van der Waals surface area (Å²) in [6, 6.07) is 7.82. The summed E-state index contributed by atoms with van der Waals surface area (Å²) < 4.78 is 1.11. The van der Waals surface area contributed by atoms with Gasteiger partial charge in [0.05, 0.1) is 6.54 Å². The highest BCUT2D eigenvalue weighted by Gasteiger charge is 2.21. The third-order valence-corrected chi connectivity index (χ3v) is 3.89. The van der Waals surface area contributed by atoms with Crippen LogP contribution in [0.2, 0.25) is 0 Å². The van der Waals surface area contributed by atoms with Crippen molar-refractivity contribution in [3.8, 4) is 0 Å². The van der Waals surface area contributed by atoms with Gasteiger partial charge >= 0.3 is 0 Å². The van der Waals surface area contributed by atoms with Gasteiger partial charge in [0.25, 0.3) is 0 Å². The van der Waals surface area contributed by atoms with Crippen LogP contribution in [0.4, 0.5) is 5.69 Å². The van der Waals surface area contributed by atoms with Gasteiger partial charge in [-0.1, -0.05) is 26.8 Å². The van der Waals surface area contributed by atoms with E-state index in [0.29, 0.717) is 13.1 Å². The van der Waals surface area contributed by atoms with E-state index in [0.717, 1.165) is 28.8 Å². The zero-order valence-corrected chi connectivity index (χ0v) is 15.3. The average Bonchev–Trinajstić information content (AvgIpc) is 2.38. The van der Waals surface area contributed by atoms with Crippen LogP contribution in [0.1, 0.15) is 27.2 Å². The molecule has 0 bridgehead atoms. The van der Waals surface area contributed by atoms with E-state index in [1.54, 1.807) is 0 Å². The fraction of sp³-hybridized carbons (Fsp3) is 0.562. The van der Waals surface area contributed by atoms with Gasteiger partial charge in [-0.25, -0.2) is 0 Å². The van der Waals surface area contributed by atoms with Gasteiger partial charge in [-0.05, 0) is 65.7 Å². The third kappa shape index (κ3) is 7.24. The number of rotatable bonds is 8. The molecule has 0 heterocycles. The Morgan fingerprint density at radius 1 is 1.43 bits per heavy atom. The van der Waals surface area contributed by atoms with Crippen LogP contribution in [0.15, 0.2) is 24.3 Å². The lowest BCUT2D eigenvalue weighted by Crippen LogP contribution is -2.42. The minimum absolute atomic E-state index is 0.0254. The predicted molar refractivity (Wildman–Crippen MR) is 97.4 cm³/mol. The second-order valence-corrected chi connectivity index (χ2v) is 7.38. The van der Waals surface area contributed by atoms with Gasteiger partial charge in [0, 0.05) is 15.8 Å². The monoisotopic (exact) mass is 403 g/mol. The third-order valence-electron chi connectivity index (χ3n) is 3.22. The molecule has 0 radical (unpaired) electrons. The molecular formula is C16H26IN3O. The molecule has 4 nitrogen and oxygen atoms in total. The molecule has 21 heavy (non-hydrogen) atoms. The molecule has 0 fully saturated rings. The van der Waals surface area contributed by atoms with Gasteiger partial charge in [0.2, 0.25) is 5.91 Å². The van der Waals surface area contributed by atoms with Crippen molar-refractivity contribution in [2.75, 3.05) is 31.5 Å². The van der Waals surface area contributed by atoms with Crippen LogP contribution in [0, 0.1) is 8.99 Å². The molecule has 0 saturated carbocycles. The standard InChI is InChI=1S/C16H26IN3O/c1-4-8-20(12-16(2,3)11-18)10-15(21)19-14-7-5-6-13(17)9-14/h5-7,9H,4,8,10-12,18H2,1-3H3,(H,19,21). The molecule has 0 unspecified atom stereocenters. The van der Waals surface area contributed by atoms with Crippen molar-refractivity contribution in [3.05, 3.63) is 27.8 Å². The smallest absolute Gasteiger partial charge is 0.238 e. The van der Waals surface area contributed by atoms with Crippen molar-refractivity contribution in [1.82, 2.24) is 4.90 Å². The van der Waals surface area contributed by atoms with E-state index in [1.165, 1.54) is 0 Å². The molecule has 0 aliphatic rings. The largest absolute Gasteiger partial charge is 0.330 e. The van der Waals surface area contributed by atoms with E-state index in [9.17, 15) is 4.79 Å².